The Kier molecular flexibility index (Phi) is 2.54. The lowest BCUT2D eigenvalue weighted by Gasteiger charge is -2.04. The molecule has 0 fully saturated rings. The molecule has 5 N–H and O–H groups in total. The number of benzene rings is 1. The number of hydrogen-bond donors (Lipinski definition) is 4. The molecule has 1 heterocycles. The van der Waals surface area contributed by atoms with E-state index >= 15 is 0 Å². The molecule has 0 spiro atoms. The van der Waals surface area contributed by atoms with Crippen LogP contribution in [0.3, 0.4) is 0 Å². The number of carboxylic acid groups (broad SMARTS) is 1. The highest BCUT2D eigenvalue weighted by atomic mass is 16.4. The van der Waals surface area contributed by atoms with Gasteiger partial charge in [0.1, 0.15) is 11.8 Å². The number of carbonyl (C=O) groups is 1. The van der Waals surface area contributed by atoms with Crippen LogP contribution in [0.1, 0.15) is 5.56 Å². The van der Waals surface area contributed by atoms with Crippen molar-refractivity contribution in [3.8, 4) is 5.75 Å². The summed E-state index contributed by atoms with van der Waals surface area (Å²) in [6.45, 7) is 0. The fraction of sp³-hybridized carbons (Fsp3) is 0.182. The van der Waals surface area contributed by atoms with Gasteiger partial charge in [-0.15, -0.1) is 0 Å². The van der Waals surface area contributed by atoms with Crippen molar-refractivity contribution in [1.82, 2.24) is 4.98 Å². The topological polar surface area (TPSA) is 99.3 Å². The minimum Gasteiger partial charge on any atom is -0.508 e. The van der Waals surface area contributed by atoms with Crippen LogP contribution in [0.2, 0.25) is 0 Å². The number of phenolic OH excluding ortho intramolecular Hbond substituents is 1. The predicted octanol–water partition coefficient (Wildman–Crippen LogP) is 0.828. The van der Waals surface area contributed by atoms with Crippen LogP contribution in [0.25, 0.3) is 10.9 Å². The number of aromatic amines is 1. The number of aromatic hydroxyl groups is 1. The first-order chi connectivity index (χ1) is 7.58. The Labute approximate surface area is 91.5 Å². The van der Waals surface area contributed by atoms with Gasteiger partial charge < -0.3 is 20.9 Å². The smallest absolute Gasteiger partial charge is 0.320 e. The first-order valence-electron chi connectivity index (χ1n) is 4.85. The van der Waals surface area contributed by atoms with Gasteiger partial charge in [-0.2, -0.15) is 0 Å². The van der Waals surface area contributed by atoms with Gasteiger partial charge in [-0.3, -0.25) is 4.79 Å². The Morgan fingerprint density at radius 1 is 1.56 bits per heavy atom. The van der Waals surface area contributed by atoms with Crippen LogP contribution >= 0.6 is 0 Å². The average Bonchev–Trinajstić information content (AvgIpc) is 2.61. The molecule has 0 aliphatic carbocycles. The maximum absolute atomic E-state index is 10.6. The molecular weight excluding hydrogens is 210 g/mol. The standard InChI is InChI=1S/C11H12N2O3/c12-9(11(15)16)3-6-5-13-10-2-1-7(14)4-8(6)10/h1-2,4-5,9,13-14H,3,12H2,(H,15,16)/t9-/m0/s1/i6+2. The Morgan fingerprint density at radius 2 is 2.31 bits per heavy atom. The minimum absolute atomic E-state index is 0.150. The molecule has 2 aromatic rings. The first kappa shape index (κ1) is 10.5. The number of phenols is 1. The van der Waals surface area contributed by atoms with Crippen LogP contribution in [-0.4, -0.2) is 27.2 Å². The lowest BCUT2D eigenvalue weighted by atomic mass is 10.2. The van der Waals surface area contributed by atoms with E-state index in [4.69, 9.17) is 10.8 Å². The van der Waals surface area contributed by atoms with E-state index in [0.29, 0.717) is 0 Å². The molecule has 84 valence electrons. The number of nitrogens with two attached hydrogens (primary N) is 1. The van der Waals surface area contributed by atoms with E-state index in [2.05, 4.69) is 4.98 Å². The molecule has 2 rings (SSSR count). The van der Waals surface area contributed by atoms with Crippen molar-refractivity contribution in [2.45, 2.75) is 12.5 Å². The number of aliphatic carboxylic acids is 1. The Balaban J connectivity index is 2.37. The summed E-state index contributed by atoms with van der Waals surface area (Å²) in [6.07, 6.45) is 1.95. The molecule has 0 radical (unpaired) electrons. The number of hydrogen-bond acceptors (Lipinski definition) is 3. The zero-order chi connectivity index (χ0) is 11.7. The summed E-state index contributed by atoms with van der Waals surface area (Å²) in [4.78, 5) is 13.6. The number of H-pyrrole nitrogens is 1. The number of carboxylic acids is 1. The maximum Gasteiger partial charge on any atom is 0.320 e. The normalized spacial score (nSPS) is 12.8. The number of nitrogens with one attached hydrogen (secondary N) is 1. The molecule has 0 aliphatic heterocycles. The molecule has 0 saturated heterocycles. The highest BCUT2D eigenvalue weighted by Gasteiger charge is 2.14. The summed E-state index contributed by atoms with van der Waals surface area (Å²) < 4.78 is 0. The second kappa shape index (κ2) is 3.86. The van der Waals surface area contributed by atoms with Crippen LogP contribution < -0.4 is 5.73 Å². The fourth-order valence-electron chi connectivity index (χ4n) is 1.66. The third-order valence-corrected chi connectivity index (χ3v) is 2.51. The van der Waals surface area contributed by atoms with Crippen molar-refractivity contribution in [3.63, 3.8) is 0 Å². The molecule has 0 aliphatic rings. The molecule has 5 heteroatoms. The minimum atomic E-state index is -1.03. The van der Waals surface area contributed by atoms with E-state index in [0.717, 1.165) is 16.5 Å². The molecule has 0 amide bonds. The van der Waals surface area contributed by atoms with E-state index in [-0.39, 0.29) is 12.2 Å². The van der Waals surface area contributed by atoms with Crippen LogP contribution in [0, 0.1) is 0 Å². The molecular formula is C11H12N2O3. The lowest BCUT2D eigenvalue weighted by molar-refractivity contribution is -0.138. The number of aromatic nitrogens is 1. The highest BCUT2D eigenvalue weighted by Crippen LogP contribution is 2.23. The SMILES string of the molecule is N[C@@H](C[14c]1c[nH]c2ccc(O)cc21)C(=O)O. The second-order valence-electron chi connectivity index (χ2n) is 3.69. The van der Waals surface area contributed by atoms with E-state index in [1.54, 1.807) is 24.4 Å². The van der Waals surface area contributed by atoms with Gasteiger partial charge in [0.25, 0.3) is 0 Å². The molecule has 0 unspecified atom stereocenters. The fourth-order valence-corrected chi connectivity index (χ4v) is 1.66. The Bertz CT molecular complexity index is 533. The van der Waals surface area contributed by atoms with E-state index < -0.39 is 12.0 Å². The quantitative estimate of drug-likeness (QED) is 0.618. The molecule has 0 saturated carbocycles. The zero-order valence-electron chi connectivity index (χ0n) is 8.47. The van der Waals surface area contributed by atoms with Gasteiger partial charge in [0, 0.05) is 23.5 Å². The van der Waals surface area contributed by atoms with Crippen LogP contribution in [0.15, 0.2) is 24.4 Å². The molecule has 0 bridgehead atoms. The summed E-state index contributed by atoms with van der Waals surface area (Å²) in [6, 6.07) is 3.97. The highest BCUT2D eigenvalue weighted by molar-refractivity contribution is 5.85. The zero-order valence-corrected chi connectivity index (χ0v) is 8.47. The Morgan fingerprint density at radius 3 is 3.00 bits per heavy atom. The number of fused-ring (bicyclic) bond motifs is 1. The van der Waals surface area contributed by atoms with Crippen molar-refractivity contribution in [1.29, 1.82) is 0 Å². The maximum atomic E-state index is 10.6. The van der Waals surface area contributed by atoms with Crippen LogP contribution in [0.4, 0.5) is 0 Å². The summed E-state index contributed by atoms with van der Waals surface area (Å²) in [5.41, 5.74) is 7.11. The average molecular weight is 222 g/mol. The molecule has 1 atom stereocenters. The molecule has 1 aromatic heterocycles. The lowest BCUT2D eigenvalue weighted by Crippen LogP contribution is -2.32. The van der Waals surface area contributed by atoms with Crippen molar-refractivity contribution in [2.24, 2.45) is 5.73 Å². The van der Waals surface area contributed by atoms with Crippen molar-refractivity contribution < 1.29 is 15.0 Å². The third kappa shape index (κ3) is 1.85. The van der Waals surface area contributed by atoms with E-state index in [1.165, 1.54) is 0 Å². The summed E-state index contributed by atoms with van der Waals surface area (Å²) in [5, 5.41) is 18.9. The number of rotatable bonds is 3. The summed E-state index contributed by atoms with van der Waals surface area (Å²) in [5.74, 6) is -0.883. The largest absolute Gasteiger partial charge is 0.508 e. The van der Waals surface area contributed by atoms with Gasteiger partial charge in [-0.25, -0.2) is 0 Å². The Hall–Kier alpha value is -2.01. The van der Waals surface area contributed by atoms with Crippen molar-refractivity contribution >= 4 is 16.9 Å². The molecule has 16 heavy (non-hydrogen) atoms. The monoisotopic (exact) mass is 222 g/mol. The second-order valence-corrected chi connectivity index (χ2v) is 3.69. The summed E-state index contributed by atoms with van der Waals surface area (Å²) in [7, 11) is 0. The van der Waals surface area contributed by atoms with Gasteiger partial charge in [0.2, 0.25) is 0 Å². The predicted molar refractivity (Wildman–Crippen MR) is 59.3 cm³/mol. The van der Waals surface area contributed by atoms with Crippen LogP contribution in [0.5, 0.6) is 5.75 Å². The van der Waals surface area contributed by atoms with Crippen molar-refractivity contribution in [3.05, 3.63) is 30.0 Å². The first-order valence-corrected chi connectivity index (χ1v) is 4.85. The van der Waals surface area contributed by atoms with Crippen molar-refractivity contribution in [2.75, 3.05) is 0 Å². The van der Waals surface area contributed by atoms with Crippen LogP contribution in [-0.2, 0) is 11.2 Å². The third-order valence-electron chi connectivity index (χ3n) is 2.51. The van der Waals surface area contributed by atoms with E-state index in [1.807, 2.05) is 0 Å². The molecule has 5 nitrogen and oxygen atoms in total. The van der Waals surface area contributed by atoms with Gasteiger partial charge in [-0.05, 0) is 23.8 Å². The van der Waals surface area contributed by atoms with Gasteiger partial charge in [0.15, 0.2) is 0 Å². The summed E-state index contributed by atoms with van der Waals surface area (Å²) >= 11 is 0. The van der Waals surface area contributed by atoms with Gasteiger partial charge in [0.05, 0.1) is 0 Å². The van der Waals surface area contributed by atoms with Gasteiger partial charge >= 0.3 is 5.97 Å². The van der Waals surface area contributed by atoms with E-state index in [9.17, 15) is 9.90 Å². The molecule has 1 aromatic carbocycles. The van der Waals surface area contributed by atoms with Gasteiger partial charge in [-0.1, -0.05) is 0 Å².